The molecule has 1 aromatic rings. The lowest BCUT2D eigenvalue weighted by Gasteiger charge is -2.41. The predicted molar refractivity (Wildman–Crippen MR) is 75.8 cm³/mol. The lowest BCUT2D eigenvalue weighted by atomic mass is 9.62. The minimum absolute atomic E-state index is 0.422. The van der Waals surface area contributed by atoms with Crippen LogP contribution < -0.4 is 0 Å². The summed E-state index contributed by atoms with van der Waals surface area (Å²) in [5, 5.41) is 4.28. The Morgan fingerprint density at radius 3 is 2.33 bits per heavy atom. The molecular weight excluding hydrogens is 240 g/mol. The van der Waals surface area contributed by atoms with Crippen LogP contribution in [0.1, 0.15) is 50.5 Å². The number of ketones is 1. The number of Topliss-reactive ketones (excluding diaryl/α,β-unsaturated/α-hetero) is 1. The molecule has 2 fully saturated rings. The van der Waals surface area contributed by atoms with Gasteiger partial charge in [0, 0.05) is 12.3 Å². The van der Waals surface area contributed by atoms with E-state index >= 15 is 0 Å². The molecular formula is C16H22OS. The van der Waals surface area contributed by atoms with Crippen molar-refractivity contribution < 1.29 is 4.79 Å². The van der Waals surface area contributed by atoms with Gasteiger partial charge in [-0.1, -0.05) is 12.8 Å². The Morgan fingerprint density at radius 1 is 1.22 bits per heavy atom. The molecule has 0 unspecified atom stereocenters. The maximum absolute atomic E-state index is 12.5. The lowest BCUT2D eigenvalue weighted by molar-refractivity contribution is -0.129. The van der Waals surface area contributed by atoms with E-state index in [1.54, 1.807) is 11.3 Å². The van der Waals surface area contributed by atoms with Gasteiger partial charge < -0.3 is 0 Å². The van der Waals surface area contributed by atoms with Gasteiger partial charge in [-0.2, -0.15) is 11.3 Å². The second kappa shape index (κ2) is 5.56. The Kier molecular flexibility index (Phi) is 3.83. The van der Waals surface area contributed by atoms with Crippen molar-refractivity contribution in [1.29, 1.82) is 0 Å². The van der Waals surface area contributed by atoms with Gasteiger partial charge in [0.15, 0.2) is 0 Å². The van der Waals surface area contributed by atoms with Gasteiger partial charge >= 0.3 is 0 Å². The van der Waals surface area contributed by atoms with Crippen molar-refractivity contribution in [2.45, 2.75) is 51.4 Å². The van der Waals surface area contributed by atoms with Crippen molar-refractivity contribution in [3.8, 4) is 0 Å². The first-order valence-electron chi connectivity index (χ1n) is 7.38. The van der Waals surface area contributed by atoms with E-state index in [-0.39, 0.29) is 0 Å². The number of hydrogen-bond donors (Lipinski definition) is 0. The zero-order valence-corrected chi connectivity index (χ0v) is 11.8. The van der Waals surface area contributed by atoms with E-state index in [0.29, 0.717) is 11.7 Å². The minimum atomic E-state index is 0.422. The van der Waals surface area contributed by atoms with Gasteiger partial charge in [0.2, 0.25) is 0 Å². The van der Waals surface area contributed by atoms with Gasteiger partial charge in [-0.05, 0) is 66.3 Å². The average Bonchev–Trinajstić information content (AvgIpc) is 2.72. The van der Waals surface area contributed by atoms with Gasteiger partial charge in [-0.25, -0.2) is 0 Å². The number of thiophene rings is 1. The highest BCUT2D eigenvalue weighted by Crippen LogP contribution is 2.45. The molecule has 2 aliphatic rings. The number of carbonyl (C=O) groups excluding carboxylic acids is 1. The summed E-state index contributed by atoms with van der Waals surface area (Å²) in [5.41, 5.74) is 1.34. The molecule has 18 heavy (non-hydrogen) atoms. The van der Waals surface area contributed by atoms with Crippen molar-refractivity contribution in [2.75, 3.05) is 0 Å². The van der Waals surface area contributed by atoms with Crippen LogP contribution in [0.5, 0.6) is 0 Å². The van der Waals surface area contributed by atoms with Gasteiger partial charge in [0.05, 0.1) is 0 Å². The molecule has 0 amide bonds. The van der Waals surface area contributed by atoms with E-state index in [9.17, 15) is 4.79 Å². The molecule has 1 heterocycles. The first-order chi connectivity index (χ1) is 8.84. The van der Waals surface area contributed by atoms with Crippen LogP contribution in [0, 0.1) is 17.8 Å². The SMILES string of the molecule is O=C(CCc1ccsc1)C(C1CCC1)C1CCC1. The Labute approximate surface area is 114 Å². The molecule has 0 bridgehead atoms. The third-order valence-corrected chi connectivity index (χ3v) is 5.66. The van der Waals surface area contributed by atoms with E-state index < -0.39 is 0 Å². The van der Waals surface area contributed by atoms with Crippen molar-refractivity contribution in [1.82, 2.24) is 0 Å². The average molecular weight is 262 g/mol. The Bertz CT molecular complexity index is 373. The minimum Gasteiger partial charge on any atom is -0.299 e. The first-order valence-corrected chi connectivity index (χ1v) is 8.32. The molecule has 0 spiro atoms. The standard InChI is InChI=1S/C16H22OS/c17-15(8-7-12-9-10-18-11-12)16(13-3-1-4-13)14-5-2-6-14/h9-11,13-14,16H,1-8H2. The highest BCUT2D eigenvalue weighted by atomic mass is 32.1. The van der Waals surface area contributed by atoms with E-state index in [1.807, 2.05) is 0 Å². The number of rotatable bonds is 6. The van der Waals surface area contributed by atoms with Gasteiger partial charge in [-0.15, -0.1) is 0 Å². The number of hydrogen-bond acceptors (Lipinski definition) is 2. The van der Waals surface area contributed by atoms with Crippen LogP contribution in [0.25, 0.3) is 0 Å². The summed E-state index contributed by atoms with van der Waals surface area (Å²) >= 11 is 1.73. The van der Waals surface area contributed by atoms with E-state index in [2.05, 4.69) is 16.8 Å². The molecule has 0 atom stereocenters. The molecule has 2 aliphatic carbocycles. The molecule has 0 aliphatic heterocycles. The van der Waals surface area contributed by atoms with Gasteiger partial charge in [-0.3, -0.25) is 4.79 Å². The topological polar surface area (TPSA) is 17.1 Å². The summed E-state index contributed by atoms with van der Waals surface area (Å²) in [6.45, 7) is 0. The summed E-state index contributed by atoms with van der Waals surface area (Å²) < 4.78 is 0. The highest BCUT2D eigenvalue weighted by molar-refractivity contribution is 7.07. The van der Waals surface area contributed by atoms with Crippen LogP contribution in [0.4, 0.5) is 0 Å². The van der Waals surface area contributed by atoms with Crippen LogP contribution in [-0.4, -0.2) is 5.78 Å². The molecule has 0 saturated heterocycles. The molecule has 3 rings (SSSR count). The monoisotopic (exact) mass is 262 g/mol. The van der Waals surface area contributed by atoms with Crippen LogP contribution in [0.3, 0.4) is 0 Å². The summed E-state index contributed by atoms with van der Waals surface area (Å²) in [4.78, 5) is 12.5. The number of aryl methyl sites for hydroxylation is 1. The molecule has 0 radical (unpaired) electrons. The van der Waals surface area contributed by atoms with Crippen molar-refractivity contribution in [3.05, 3.63) is 22.4 Å². The maximum Gasteiger partial charge on any atom is 0.136 e. The molecule has 0 aromatic carbocycles. The Hall–Kier alpha value is -0.630. The molecule has 0 N–H and O–H groups in total. The maximum atomic E-state index is 12.5. The van der Waals surface area contributed by atoms with Crippen molar-refractivity contribution >= 4 is 17.1 Å². The molecule has 1 aromatic heterocycles. The van der Waals surface area contributed by atoms with Crippen LogP contribution in [0.15, 0.2) is 16.8 Å². The Balaban J connectivity index is 1.57. The summed E-state index contributed by atoms with van der Waals surface area (Å²) in [6, 6.07) is 2.15. The lowest BCUT2D eigenvalue weighted by Crippen LogP contribution is -2.37. The van der Waals surface area contributed by atoms with E-state index in [1.165, 1.54) is 44.1 Å². The molecule has 1 nitrogen and oxygen atoms in total. The second-order valence-electron chi connectivity index (χ2n) is 6.01. The zero-order valence-electron chi connectivity index (χ0n) is 10.9. The van der Waals surface area contributed by atoms with E-state index in [0.717, 1.165) is 24.7 Å². The van der Waals surface area contributed by atoms with Crippen molar-refractivity contribution in [2.24, 2.45) is 17.8 Å². The second-order valence-corrected chi connectivity index (χ2v) is 6.79. The highest BCUT2D eigenvalue weighted by Gasteiger charge is 2.39. The fraction of sp³-hybridized carbons (Fsp3) is 0.688. The van der Waals surface area contributed by atoms with Gasteiger partial charge in [0.25, 0.3) is 0 Å². The summed E-state index contributed by atoms with van der Waals surface area (Å²) in [6.07, 6.45) is 9.68. The summed E-state index contributed by atoms with van der Waals surface area (Å²) in [5.74, 6) is 2.47. The quantitative estimate of drug-likeness (QED) is 0.739. The zero-order chi connectivity index (χ0) is 12.4. The smallest absolute Gasteiger partial charge is 0.136 e. The fourth-order valence-corrected chi connectivity index (χ4v) is 4.08. The number of carbonyl (C=O) groups is 1. The van der Waals surface area contributed by atoms with Gasteiger partial charge in [0.1, 0.15) is 5.78 Å². The molecule has 2 heteroatoms. The fourth-order valence-electron chi connectivity index (χ4n) is 3.38. The van der Waals surface area contributed by atoms with Crippen LogP contribution >= 0.6 is 11.3 Å². The largest absolute Gasteiger partial charge is 0.299 e. The Morgan fingerprint density at radius 2 is 1.89 bits per heavy atom. The van der Waals surface area contributed by atoms with Crippen molar-refractivity contribution in [3.63, 3.8) is 0 Å². The normalized spacial score (nSPS) is 20.7. The molecule has 2 saturated carbocycles. The van der Waals surface area contributed by atoms with Crippen LogP contribution in [-0.2, 0) is 11.2 Å². The van der Waals surface area contributed by atoms with E-state index in [4.69, 9.17) is 0 Å². The molecule has 98 valence electrons. The predicted octanol–water partition coefficient (Wildman–Crippen LogP) is 4.47. The summed E-state index contributed by atoms with van der Waals surface area (Å²) in [7, 11) is 0. The van der Waals surface area contributed by atoms with Crippen LogP contribution in [0.2, 0.25) is 0 Å². The third kappa shape index (κ3) is 2.54. The first kappa shape index (κ1) is 12.4. The third-order valence-electron chi connectivity index (χ3n) is 4.93.